The summed E-state index contributed by atoms with van der Waals surface area (Å²) in [4.78, 5) is 20.8. The van der Waals surface area contributed by atoms with E-state index in [0.717, 1.165) is 24.1 Å². The molecule has 0 saturated heterocycles. The summed E-state index contributed by atoms with van der Waals surface area (Å²) in [6.45, 7) is 1.39. The van der Waals surface area contributed by atoms with Gasteiger partial charge in [0.25, 0.3) is 5.69 Å². The molecule has 1 rings (SSSR count). The second kappa shape index (κ2) is 5.57. The van der Waals surface area contributed by atoms with E-state index in [1.54, 1.807) is 0 Å². The highest BCUT2D eigenvalue weighted by Crippen LogP contribution is 2.33. The Labute approximate surface area is 113 Å². The Morgan fingerprint density at radius 1 is 1.47 bits per heavy atom. The van der Waals surface area contributed by atoms with Crippen molar-refractivity contribution in [1.82, 2.24) is 0 Å². The molecule has 1 atom stereocenters. The number of sulfone groups is 1. The van der Waals surface area contributed by atoms with E-state index in [2.05, 4.69) is 0 Å². The van der Waals surface area contributed by atoms with E-state index in [1.165, 1.54) is 19.1 Å². The molecular formula is C10H11NO6S2. The molecule has 7 nitrogen and oxygen atoms in total. The predicted octanol–water partition coefficient (Wildman–Crippen LogP) is 1.56. The van der Waals surface area contributed by atoms with Crippen molar-refractivity contribution in [3.63, 3.8) is 0 Å². The molecule has 0 fully saturated rings. The minimum Gasteiger partial charge on any atom is -0.480 e. The summed E-state index contributed by atoms with van der Waals surface area (Å²) in [6, 6.07) is 3.41. The highest BCUT2D eigenvalue weighted by molar-refractivity contribution is 8.00. The molecule has 0 aliphatic heterocycles. The normalized spacial score (nSPS) is 12.9. The molecule has 0 radical (unpaired) electrons. The van der Waals surface area contributed by atoms with Crippen molar-refractivity contribution in [2.24, 2.45) is 0 Å². The van der Waals surface area contributed by atoms with Crippen LogP contribution in [0.2, 0.25) is 0 Å². The number of carboxylic acid groups (broad SMARTS) is 1. The van der Waals surface area contributed by atoms with Crippen LogP contribution in [0.4, 0.5) is 5.69 Å². The quantitative estimate of drug-likeness (QED) is 0.498. The predicted molar refractivity (Wildman–Crippen MR) is 69.2 cm³/mol. The van der Waals surface area contributed by atoms with Gasteiger partial charge in [0.2, 0.25) is 0 Å². The molecule has 0 aliphatic rings. The number of carbonyl (C=O) groups is 1. The van der Waals surface area contributed by atoms with Gasteiger partial charge in [-0.2, -0.15) is 0 Å². The smallest absolute Gasteiger partial charge is 0.316 e. The Kier molecular flexibility index (Phi) is 4.53. The van der Waals surface area contributed by atoms with Crippen LogP contribution in [-0.2, 0) is 14.6 Å². The largest absolute Gasteiger partial charge is 0.480 e. The van der Waals surface area contributed by atoms with Gasteiger partial charge in [-0.25, -0.2) is 8.42 Å². The van der Waals surface area contributed by atoms with E-state index >= 15 is 0 Å². The van der Waals surface area contributed by atoms with Crippen LogP contribution in [0.15, 0.2) is 28.0 Å². The van der Waals surface area contributed by atoms with Gasteiger partial charge in [-0.3, -0.25) is 14.9 Å². The van der Waals surface area contributed by atoms with Gasteiger partial charge in [0.1, 0.15) is 5.25 Å². The standard InChI is InChI=1S/C10H11NO6S2/c1-6(10(12)13)18-9-4-3-7(19(2,16)17)5-8(9)11(14)15/h3-6H,1-2H3,(H,12,13). The average molecular weight is 305 g/mol. The lowest BCUT2D eigenvalue weighted by Gasteiger charge is -2.07. The van der Waals surface area contributed by atoms with Crippen molar-refractivity contribution in [2.45, 2.75) is 22.0 Å². The summed E-state index contributed by atoms with van der Waals surface area (Å²) in [7, 11) is -3.55. The minimum atomic E-state index is -3.55. The van der Waals surface area contributed by atoms with Crippen molar-refractivity contribution in [2.75, 3.05) is 6.26 Å². The Morgan fingerprint density at radius 3 is 2.47 bits per heavy atom. The fraction of sp³-hybridized carbons (Fsp3) is 0.300. The number of nitro benzene ring substituents is 1. The summed E-state index contributed by atoms with van der Waals surface area (Å²) >= 11 is 0.790. The van der Waals surface area contributed by atoms with Crippen molar-refractivity contribution in [1.29, 1.82) is 0 Å². The van der Waals surface area contributed by atoms with Gasteiger partial charge in [0, 0.05) is 12.3 Å². The molecule has 19 heavy (non-hydrogen) atoms. The van der Waals surface area contributed by atoms with Gasteiger partial charge in [0.05, 0.1) is 14.7 Å². The van der Waals surface area contributed by atoms with Gasteiger partial charge in [-0.05, 0) is 19.1 Å². The fourth-order valence-corrected chi connectivity index (χ4v) is 2.73. The van der Waals surface area contributed by atoms with E-state index in [0.29, 0.717) is 0 Å². The summed E-state index contributed by atoms with van der Waals surface area (Å²) in [6.07, 6.45) is 0.943. The van der Waals surface area contributed by atoms with E-state index in [9.17, 15) is 23.3 Å². The first kappa shape index (κ1) is 15.4. The molecule has 9 heteroatoms. The Morgan fingerprint density at radius 2 is 2.05 bits per heavy atom. The number of hydrogen-bond donors (Lipinski definition) is 1. The van der Waals surface area contributed by atoms with Gasteiger partial charge in [0.15, 0.2) is 9.84 Å². The van der Waals surface area contributed by atoms with Crippen LogP contribution >= 0.6 is 11.8 Å². The highest BCUT2D eigenvalue weighted by Gasteiger charge is 2.22. The summed E-state index contributed by atoms with van der Waals surface area (Å²) in [5.74, 6) is -1.11. The maximum absolute atomic E-state index is 11.3. The molecule has 0 aromatic heterocycles. The van der Waals surface area contributed by atoms with E-state index in [4.69, 9.17) is 5.11 Å². The third-order valence-electron chi connectivity index (χ3n) is 2.21. The van der Waals surface area contributed by atoms with E-state index < -0.39 is 31.7 Å². The summed E-state index contributed by atoms with van der Waals surface area (Å²) in [5, 5.41) is 18.8. The van der Waals surface area contributed by atoms with Crippen LogP contribution in [0.5, 0.6) is 0 Å². The monoisotopic (exact) mass is 305 g/mol. The van der Waals surface area contributed by atoms with Gasteiger partial charge in [-0.15, -0.1) is 11.8 Å². The molecule has 1 unspecified atom stereocenters. The first-order valence-electron chi connectivity index (χ1n) is 5.01. The maximum atomic E-state index is 11.3. The molecule has 0 aliphatic carbocycles. The average Bonchev–Trinajstić information content (AvgIpc) is 2.27. The lowest BCUT2D eigenvalue weighted by Crippen LogP contribution is -2.11. The SMILES string of the molecule is CC(Sc1ccc(S(C)(=O)=O)cc1[N+](=O)[O-])C(=O)O. The van der Waals surface area contributed by atoms with E-state index in [1.807, 2.05) is 0 Å². The second-order valence-electron chi connectivity index (χ2n) is 3.76. The van der Waals surface area contributed by atoms with Crippen LogP contribution in [0, 0.1) is 10.1 Å². The minimum absolute atomic E-state index is 0.118. The zero-order valence-electron chi connectivity index (χ0n) is 10.1. The van der Waals surface area contributed by atoms with Gasteiger partial charge < -0.3 is 5.11 Å². The molecule has 0 spiro atoms. The lowest BCUT2D eigenvalue weighted by atomic mass is 10.3. The van der Waals surface area contributed by atoms with Gasteiger partial charge in [-0.1, -0.05) is 0 Å². The molecule has 1 aromatic carbocycles. The third kappa shape index (κ3) is 3.93. The molecule has 0 bridgehead atoms. The molecule has 1 N–H and O–H groups in total. The Balaban J connectivity index is 3.27. The zero-order valence-corrected chi connectivity index (χ0v) is 11.7. The van der Waals surface area contributed by atoms with Crippen LogP contribution in [0.25, 0.3) is 0 Å². The van der Waals surface area contributed by atoms with Crippen LogP contribution in [0.3, 0.4) is 0 Å². The number of hydrogen-bond acceptors (Lipinski definition) is 6. The first-order valence-corrected chi connectivity index (χ1v) is 7.78. The molecular weight excluding hydrogens is 294 g/mol. The Hall–Kier alpha value is -1.61. The van der Waals surface area contributed by atoms with Crippen molar-refractivity contribution in [3.8, 4) is 0 Å². The number of aliphatic carboxylic acids is 1. The van der Waals surface area contributed by atoms with Crippen LogP contribution < -0.4 is 0 Å². The molecule has 104 valence electrons. The Bertz CT molecular complexity index is 625. The number of thioether (sulfide) groups is 1. The molecule has 0 saturated carbocycles. The lowest BCUT2D eigenvalue weighted by molar-refractivity contribution is -0.388. The summed E-state index contributed by atoms with van der Waals surface area (Å²) in [5.41, 5.74) is -0.416. The second-order valence-corrected chi connectivity index (χ2v) is 7.16. The van der Waals surface area contributed by atoms with Gasteiger partial charge >= 0.3 is 5.97 Å². The highest BCUT2D eigenvalue weighted by atomic mass is 32.2. The van der Waals surface area contributed by atoms with Crippen molar-refractivity contribution >= 4 is 33.3 Å². The number of carboxylic acids is 1. The molecule has 0 amide bonds. The summed E-state index contributed by atoms with van der Waals surface area (Å²) < 4.78 is 22.7. The number of benzene rings is 1. The van der Waals surface area contributed by atoms with Crippen LogP contribution in [0.1, 0.15) is 6.92 Å². The zero-order chi connectivity index (χ0) is 14.8. The first-order chi connectivity index (χ1) is 8.62. The topological polar surface area (TPSA) is 115 Å². The molecule has 0 heterocycles. The number of nitrogens with zero attached hydrogens (tertiary/aromatic N) is 1. The molecule has 1 aromatic rings. The van der Waals surface area contributed by atoms with E-state index in [-0.39, 0.29) is 9.79 Å². The van der Waals surface area contributed by atoms with Crippen LogP contribution in [-0.4, -0.2) is 35.9 Å². The van der Waals surface area contributed by atoms with Crippen molar-refractivity contribution in [3.05, 3.63) is 28.3 Å². The van der Waals surface area contributed by atoms with Crippen molar-refractivity contribution < 1.29 is 23.2 Å². The fourth-order valence-electron chi connectivity index (χ4n) is 1.21. The third-order valence-corrected chi connectivity index (χ3v) is 4.47. The maximum Gasteiger partial charge on any atom is 0.316 e. The number of nitro groups is 1. The number of rotatable bonds is 5.